The van der Waals surface area contributed by atoms with Gasteiger partial charge in [-0.05, 0) is 54.1 Å². The third-order valence-electron chi connectivity index (χ3n) is 3.49. The van der Waals surface area contributed by atoms with Gasteiger partial charge in [0.1, 0.15) is 11.6 Å². The Hall–Kier alpha value is -2.72. The predicted molar refractivity (Wildman–Crippen MR) is 92.6 cm³/mol. The van der Waals surface area contributed by atoms with Crippen LogP contribution in [-0.2, 0) is 6.54 Å². The van der Waals surface area contributed by atoms with E-state index in [-0.39, 0.29) is 18.3 Å². The molecule has 0 spiro atoms. The van der Waals surface area contributed by atoms with Crippen LogP contribution < -0.4 is 4.90 Å². The number of hydrogen-bond acceptors (Lipinski definition) is 2. The largest absolute Gasteiger partial charge is 0.288 e. The quantitative estimate of drug-likeness (QED) is 0.688. The summed E-state index contributed by atoms with van der Waals surface area (Å²) in [4.78, 5) is 18.7. The Bertz CT molecular complexity index is 838. The highest BCUT2D eigenvalue weighted by Crippen LogP contribution is 2.19. The minimum atomic E-state index is -0.340. The monoisotopic (exact) mass is 340 g/mol. The van der Waals surface area contributed by atoms with Gasteiger partial charge < -0.3 is 0 Å². The number of pyridine rings is 1. The maximum absolute atomic E-state index is 13.5. The number of anilines is 1. The fourth-order valence-electron chi connectivity index (χ4n) is 2.34. The fraction of sp³-hybridized carbons (Fsp3) is 0.0526. The van der Waals surface area contributed by atoms with Gasteiger partial charge in [-0.3, -0.25) is 9.69 Å². The van der Waals surface area contributed by atoms with Crippen molar-refractivity contribution in [2.75, 3.05) is 4.90 Å². The molecule has 0 aliphatic rings. The normalized spacial score (nSPS) is 10.4. The lowest BCUT2D eigenvalue weighted by Gasteiger charge is -2.22. The van der Waals surface area contributed by atoms with Gasteiger partial charge in [0.25, 0.3) is 5.91 Å². The Morgan fingerprint density at radius 2 is 1.83 bits per heavy atom. The van der Waals surface area contributed by atoms with Crippen LogP contribution in [0.25, 0.3) is 0 Å². The SMILES string of the molecule is O=C(c1ccc(Cl)cc1)N(Cc1cccc(F)c1)c1ccccn1. The van der Waals surface area contributed by atoms with E-state index in [2.05, 4.69) is 4.98 Å². The predicted octanol–water partition coefficient (Wildman–Crippen LogP) is 4.72. The maximum atomic E-state index is 13.5. The Balaban J connectivity index is 1.96. The molecule has 3 aromatic rings. The van der Waals surface area contributed by atoms with E-state index in [9.17, 15) is 9.18 Å². The molecule has 0 atom stereocenters. The van der Waals surface area contributed by atoms with Crippen LogP contribution in [0.2, 0.25) is 5.02 Å². The van der Waals surface area contributed by atoms with Crippen LogP contribution in [0.4, 0.5) is 10.2 Å². The van der Waals surface area contributed by atoms with E-state index in [1.807, 2.05) is 0 Å². The number of halogens is 2. The summed E-state index contributed by atoms with van der Waals surface area (Å²) in [5.41, 5.74) is 1.17. The first kappa shape index (κ1) is 16.1. The highest BCUT2D eigenvalue weighted by atomic mass is 35.5. The lowest BCUT2D eigenvalue weighted by atomic mass is 10.1. The van der Waals surface area contributed by atoms with Gasteiger partial charge >= 0.3 is 0 Å². The van der Waals surface area contributed by atoms with Gasteiger partial charge in [-0.1, -0.05) is 29.8 Å². The molecular weight excluding hydrogens is 327 g/mol. The van der Waals surface area contributed by atoms with E-state index in [1.54, 1.807) is 60.8 Å². The second-order valence-electron chi connectivity index (χ2n) is 5.22. The van der Waals surface area contributed by atoms with Crippen molar-refractivity contribution in [3.63, 3.8) is 0 Å². The molecule has 2 aromatic carbocycles. The number of amides is 1. The summed E-state index contributed by atoms with van der Waals surface area (Å²) >= 11 is 5.88. The molecule has 0 aliphatic carbocycles. The first-order valence-electron chi connectivity index (χ1n) is 7.36. The topological polar surface area (TPSA) is 33.2 Å². The van der Waals surface area contributed by atoms with E-state index >= 15 is 0 Å². The molecule has 0 N–H and O–H groups in total. The van der Waals surface area contributed by atoms with Crippen molar-refractivity contribution in [3.8, 4) is 0 Å². The van der Waals surface area contributed by atoms with Crippen molar-refractivity contribution in [3.05, 3.63) is 94.9 Å². The molecule has 0 saturated carbocycles. The summed E-state index contributed by atoms with van der Waals surface area (Å²) < 4.78 is 13.5. The standard InChI is InChI=1S/C19H14ClFN2O/c20-16-9-7-15(8-10-16)19(24)23(18-6-1-2-11-22-18)13-14-4-3-5-17(21)12-14/h1-12H,13H2. The molecule has 24 heavy (non-hydrogen) atoms. The highest BCUT2D eigenvalue weighted by Gasteiger charge is 2.19. The van der Waals surface area contributed by atoms with Crippen LogP contribution in [0.3, 0.4) is 0 Å². The third-order valence-corrected chi connectivity index (χ3v) is 3.74. The Labute approximate surface area is 144 Å². The van der Waals surface area contributed by atoms with E-state index in [1.165, 1.54) is 17.0 Å². The van der Waals surface area contributed by atoms with Gasteiger partial charge in [-0.2, -0.15) is 0 Å². The summed E-state index contributed by atoms with van der Waals surface area (Å²) in [7, 11) is 0. The van der Waals surface area contributed by atoms with Gasteiger partial charge in [0, 0.05) is 16.8 Å². The van der Waals surface area contributed by atoms with E-state index in [0.717, 1.165) is 0 Å². The minimum absolute atomic E-state index is 0.218. The molecule has 0 unspecified atom stereocenters. The smallest absolute Gasteiger partial charge is 0.259 e. The first-order chi connectivity index (χ1) is 11.6. The molecule has 3 nitrogen and oxygen atoms in total. The van der Waals surface area contributed by atoms with E-state index in [0.29, 0.717) is 22.0 Å². The number of aromatic nitrogens is 1. The van der Waals surface area contributed by atoms with Gasteiger partial charge in [0.05, 0.1) is 6.54 Å². The van der Waals surface area contributed by atoms with Crippen LogP contribution >= 0.6 is 11.6 Å². The van der Waals surface area contributed by atoms with E-state index < -0.39 is 0 Å². The number of hydrogen-bond donors (Lipinski definition) is 0. The fourth-order valence-corrected chi connectivity index (χ4v) is 2.46. The Morgan fingerprint density at radius 3 is 2.50 bits per heavy atom. The second kappa shape index (κ2) is 7.23. The first-order valence-corrected chi connectivity index (χ1v) is 7.74. The summed E-state index contributed by atoms with van der Waals surface area (Å²) in [6.07, 6.45) is 1.61. The minimum Gasteiger partial charge on any atom is -0.288 e. The molecule has 0 aliphatic heterocycles. The molecule has 120 valence electrons. The Kier molecular flexibility index (Phi) is 4.87. The lowest BCUT2D eigenvalue weighted by molar-refractivity contribution is 0.0984. The Morgan fingerprint density at radius 1 is 1.04 bits per heavy atom. The van der Waals surface area contributed by atoms with Crippen LogP contribution in [0.15, 0.2) is 72.9 Å². The lowest BCUT2D eigenvalue weighted by Crippen LogP contribution is -2.31. The molecule has 1 aromatic heterocycles. The number of carbonyl (C=O) groups is 1. The molecular formula is C19H14ClFN2O. The van der Waals surface area contributed by atoms with Crippen molar-refractivity contribution in [2.24, 2.45) is 0 Å². The number of carbonyl (C=O) groups excluding carboxylic acids is 1. The summed E-state index contributed by atoms with van der Waals surface area (Å²) in [6, 6.07) is 18.1. The number of benzene rings is 2. The zero-order valence-electron chi connectivity index (χ0n) is 12.7. The van der Waals surface area contributed by atoms with Crippen LogP contribution in [0.5, 0.6) is 0 Å². The number of rotatable bonds is 4. The van der Waals surface area contributed by atoms with Gasteiger partial charge in [-0.15, -0.1) is 0 Å². The summed E-state index contributed by atoms with van der Waals surface area (Å²) in [5, 5.41) is 0.557. The maximum Gasteiger partial charge on any atom is 0.259 e. The van der Waals surface area contributed by atoms with E-state index in [4.69, 9.17) is 11.6 Å². The zero-order chi connectivity index (χ0) is 16.9. The van der Waals surface area contributed by atoms with Crippen LogP contribution in [-0.4, -0.2) is 10.9 Å². The molecule has 0 bridgehead atoms. The number of nitrogens with zero attached hydrogens (tertiary/aromatic N) is 2. The van der Waals surface area contributed by atoms with Crippen molar-refractivity contribution in [1.29, 1.82) is 0 Å². The van der Waals surface area contributed by atoms with Crippen LogP contribution in [0, 0.1) is 5.82 Å². The summed E-state index contributed by atoms with van der Waals surface area (Å²) in [5.74, 6) is -0.0660. The third kappa shape index (κ3) is 3.78. The molecule has 0 fully saturated rings. The summed E-state index contributed by atoms with van der Waals surface area (Å²) in [6.45, 7) is 0.218. The van der Waals surface area contributed by atoms with Gasteiger partial charge in [-0.25, -0.2) is 9.37 Å². The molecule has 3 rings (SSSR count). The molecule has 1 amide bonds. The highest BCUT2D eigenvalue weighted by molar-refractivity contribution is 6.30. The molecule has 1 heterocycles. The average Bonchev–Trinajstić information content (AvgIpc) is 2.61. The van der Waals surface area contributed by atoms with Crippen molar-refractivity contribution in [1.82, 2.24) is 4.98 Å². The van der Waals surface area contributed by atoms with Crippen molar-refractivity contribution < 1.29 is 9.18 Å². The second-order valence-corrected chi connectivity index (χ2v) is 5.65. The molecule has 0 radical (unpaired) electrons. The van der Waals surface area contributed by atoms with Crippen LogP contribution in [0.1, 0.15) is 15.9 Å². The van der Waals surface area contributed by atoms with Crippen molar-refractivity contribution in [2.45, 2.75) is 6.54 Å². The van der Waals surface area contributed by atoms with Gasteiger partial charge in [0.15, 0.2) is 0 Å². The average molecular weight is 341 g/mol. The molecule has 0 saturated heterocycles. The molecule has 5 heteroatoms. The van der Waals surface area contributed by atoms with Gasteiger partial charge in [0.2, 0.25) is 0 Å². The van der Waals surface area contributed by atoms with Crippen molar-refractivity contribution >= 4 is 23.3 Å². The zero-order valence-corrected chi connectivity index (χ0v) is 13.4.